The van der Waals surface area contributed by atoms with Crippen molar-refractivity contribution in [1.82, 2.24) is 0 Å². The van der Waals surface area contributed by atoms with Crippen LogP contribution in [-0.2, 0) is 4.79 Å². The van der Waals surface area contributed by atoms with Gasteiger partial charge in [-0.25, -0.2) is 0 Å². The standard InChI is InChI=1S/C13H15BrClNO/c1-8-9(2)16(7-6-12(8)17)11-5-3-4-10(15)13(11)14/h3-5,8-9H,6-7H2,1-2H3. The molecule has 0 aromatic heterocycles. The fraction of sp³-hybridized carbons (Fsp3) is 0.462. The lowest BCUT2D eigenvalue weighted by Crippen LogP contribution is -2.47. The van der Waals surface area contributed by atoms with E-state index in [1.807, 2.05) is 25.1 Å². The smallest absolute Gasteiger partial charge is 0.139 e. The second-order valence-corrected chi connectivity index (χ2v) is 5.71. The quantitative estimate of drug-likeness (QED) is 0.783. The predicted octanol–water partition coefficient (Wildman–Crippen LogP) is 3.91. The first-order valence-corrected chi connectivity index (χ1v) is 6.93. The van der Waals surface area contributed by atoms with Gasteiger partial charge in [0.2, 0.25) is 0 Å². The van der Waals surface area contributed by atoms with Crippen molar-refractivity contribution >= 4 is 39.0 Å². The molecule has 2 rings (SSSR count). The molecule has 0 aliphatic carbocycles. The third-order valence-corrected chi connectivity index (χ3v) is 4.94. The van der Waals surface area contributed by atoms with Crippen LogP contribution in [0.15, 0.2) is 22.7 Å². The van der Waals surface area contributed by atoms with E-state index in [1.54, 1.807) is 0 Å². The SMILES string of the molecule is CC1C(=O)CCN(c2cccc(Cl)c2Br)C1C. The second kappa shape index (κ2) is 4.99. The van der Waals surface area contributed by atoms with Crippen LogP contribution in [-0.4, -0.2) is 18.4 Å². The minimum absolute atomic E-state index is 0.0784. The molecule has 17 heavy (non-hydrogen) atoms. The van der Waals surface area contributed by atoms with Crippen LogP contribution in [0.5, 0.6) is 0 Å². The van der Waals surface area contributed by atoms with Gasteiger partial charge in [-0.2, -0.15) is 0 Å². The first kappa shape index (κ1) is 12.9. The number of carbonyl (C=O) groups is 1. The van der Waals surface area contributed by atoms with E-state index in [-0.39, 0.29) is 12.0 Å². The first-order valence-electron chi connectivity index (χ1n) is 5.75. The molecule has 4 heteroatoms. The lowest BCUT2D eigenvalue weighted by molar-refractivity contribution is -0.123. The molecule has 0 amide bonds. The molecule has 0 bridgehead atoms. The maximum absolute atomic E-state index is 11.7. The van der Waals surface area contributed by atoms with Crippen LogP contribution in [0.1, 0.15) is 20.3 Å². The van der Waals surface area contributed by atoms with E-state index in [0.29, 0.717) is 17.2 Å². The predicted molar refractivity (Wildman–Crippen MR) is 74.7 cm³/mol. The number of hydrogen-bond acceptors (Lipinski definition) is 2. The molecule has 1 fully saturated rings. The van der Waals surface area contributed by atoms with Crippen molar-refractivity contribution in [3.8, 4) is 0 Å². The van der Waals surface area contributed by atoms with Crippen LogP contribution in [0.4, 0.5) is 5.69 Å². The molecular formula is C13H15BrClNO. The molecule has 2 nitrogen and oxygen atoms in total. The average Bonchev–Trinajstić information content (AvgIpc) is 2.31. The normalized spacial score (nSPS) is 25.2. The Hall–Kier alpha value is -0.540. The fourth-order valence-electron chi connectivity index (χ4n) is 2.25. The van der Waals surface area contributed by atoms with Crippen LogP contribution in [0.2, 0.25) is 5.02 Å². The third-order valence-electron chi connectivity index (χ3n) is 3.56. The largest absolute Gasteiger partial charge is 0.367 e. The lowest BCUT2D eigenvalue weighted by atomic mass is 9.90. The van der Waals surface area contributed by atoms with Crippen molar-refractivity contribution in [3.63, 3.8) is 0 Å². The highest BCUT2D eigenvalue weighted by Gasteiger charge is 2.31. The van der Waals surface area contributed by atoms with Gasteiger partial charge < -0.3 is 4.90 Å². The number of anilines is 1. The van der Waals surface area contributed by atoms with Crippen molar-refractivity contribution in [3.05, 3.63) is 27.7 Å². The zero-order valence-electron chi connectivity index (χ0n) is 9.91. The van der Waals surface area contributed by atoms with Gasteiger partial charge in [-0.3, -0.25) is 4.79 Å². The molecule has 0 saturated carbocycles. The maximum Gasteiger partial charge on any atom is 0.139 e. The Morgan fingerprint density at radius 1 is 1.41 bits per heavy atom. The molecule has 1 saturated heterocycles. The highest BCUT2D eigenvalue weighted by molar-refractivity contribution is 9.10. The molecule has 1 heterocycles. The number of Topliss-reactive ketones (excluding diaryl/α,β-unsaturated/α-hetero) is 1. The van der Waals surface area contributed by atoms with Gasteiger partial charge in [0.05, 0.1) is 15.2 Å². The van der Waals surface area contributed by atoms with Crippen molar-refractivity contribution < 1.29 is 4.79 Å². The summed E-state index contributed by atoms with van der Waals surface area (Å²) in [5, 5.41) is 0.708. The monoisotopic (exact) mass is 315 g/mol. The molecule has 2 atom stereocenters. The summed E-state index contributed by atoms with van der Waals surface area (Å²) in [5.74, 6) is 0.432. The van der Waals surface area contributed by atoms with Crippen LogP contribution < -0.4 is 4.90 Å². The second-order valence-electron chi connectivity index (χ2n) is 4.51. The highest BCUT2D eigenvalue weighted by Crippen LogP contribution is 2.36. The molecule has 92 valence electrons. The van der Waals surface area contributed by atoms with Crippen molar-refractivity contribution in [1.29, 1.82) is 0 Å². The Morgan fingerprint density at radius 2 is 2.12 bits per heavy atom. The van der Waals surface area contributed by atoms with Crippen LogP contribution in [0.3, 0.4) is 0 Å². The van der Waals surface area contributed by atoms with Gasteiger partial charge in [-0.05, 0) is 35.0 Å². The Labute approximate surface area is 115 Å². The van der Waals surface area contributed by atoms with Crippen molar-refractivity contribution in [2.24, 2.45) is 5.92 Å². The Morgan fingerprint density at radius 3 is 2.82 bits per heavy atom. The van der Waals surface area contributed by atoms with Gasteiger partial charge in [0.25, 0.3) is 0 Å². The van der Waals surface area contributed by atoms with Crippen molar-refractivity contribution in [2.75, 3.05) is 11.4 Å². The maximum atomic E-state index is 11.7. The number of ketones is 1. The number of carbonyl (C=O) groups excluding carboxylic acids is 1. The van der Waals surface area contributed by atoms with Crippen LogP contribution >= 0.6 is 27.5 Å². The fourth-order valence-corrected chi connectivity index (χ4v) is 2.92. The van der Waals surface area contributed by atoms with Gasteiger partial charge in [0, 0.05) is 24.9 Å². The number of benzene rings is 1. The first-order chi connectivity index (χ1) is 8.02. The minimum Gasteiger partial charge on any atom is -0.367 e. The number of rotatable bonds is 1. The van der Waals surface area contributed by atoms with Gasteiger partial charge in [-0.1, -0.05) is 24.6 Å². The molecule has 1 aliphatic rings. The molecule has 2 unspecified atom stereocenters. The lowest BCUT2D eigenvalue weighted by Gasteiger charge is -2.39. The topological polar surface area (TPSA) is 20.3 Å². The Balaban J connectivity index is 2.34. The van der Waals surface area contributed by atoms with E-state index in [9.17, 15) is 4.79 Å². The van der Waals surface area contributed by atoms with Gasteiger partial charge >= 0.3 is 0 Å². The zero-order chi connectivity index (χ0) is 12.6. The van der Waals surface area contributed by atoms with E-state index in [4.69, 9.17) is 11.6 Å². The van der Waals surface area contributed by atoms with Gasteiger partial charge in [-0.15, -0.1) is 0 Å². The van der Waals surface area contributed by atoms with E-state index < -0.39 is 0 Å². The molecule has 1 aliphatic heterocycles. The summed E-state index contributed by atoms with van der Waals surface area (Å²) in [6.45, 7) is 4.86. The minimum atomic E-state index is 0.0784. The molecular weight excluding hydrogens is 302 g/mol. The van der Waals surface area contributed by atoms with Crippen LogP contribution in [0, 0.1) is 5.92 Å². The summed E-state index contributed by atoms with van der Waals surface area (Å²) in [4.78, 5) is 13.9. The summed E-state index contributed by atoms with van der Waals surface area (Å²) >= 11 is 9.63. The summed E-state index contributed by atoms with van der Waals surface area (Å²) in [5.41, 5.74) is 1.07. The summed E-state index contributed by atoms with van der Waals surface area (Å²) in [6.07, 6.45) is 0.616. The number of hydrogen-bond donors (Lipinski definition) is 0. The van der Waals surface area contributed by atoms with Crippen molar-refractivity contribution in [2.45, 2.75) is 26.3 Å². The molecule has 1 aromatic carbocycles. The molecule has 1 aromatic rings. The van der Waals surface area contributed by atoms with E-state index in [0.717, 1.165) is 16.7 Å². The summed E-state index contributed by atoms with van der Waals surface area (Å²) < 4.78 is 0.912. The van der Waals surface area contributed by atoms with Gasteiger partial charge in [0.1, 0.15) is 5.78 Å². The van der Waals surface area contributed by atoms with E-state index in [1.165, 1.54) is 0 Å². The zero-order valence-corrected chi connectivity index (χ0v) is 12.3. The molecule has 0 N–H and O–H groups in total. The molecule has 0 spiro atoms. The highest BCUT2D eigenvalue weighted by atomic mass is 79.9. The molecule has 0 radical (unpaired) electrons. The Bertz CT molecular complexity index is 449. The third kappa shape index (κ3) is 2.36. The summed E-state index contributed by atoms with van der Waals surface area (Å²) in [6, 6.07) is 6.05. The van der Waals surface area contributed by atoms with Gasteiger partial charge in [0.15, 0.2) is 0 Å². The van der Waals surface area contributed by atoms with E-state index in [2.05, 4.69) is 27.8 Å². The average molecular weight is 317 g/mol. The van der Waals surface area contributed by atoms with E-state index >= 15 is 0 Å². The number of nitrogens with zero attached hydrogens (tertiary/aromatic N) is 1. The number of piperidine rings is 1. The van der Waals surface area contributed by atoms with Crippen LogP contribution in [0.25, 0.3) is 0 Å². The summed E-state index contributed by atoms with van der Waals surface area (Å²) in [7, 11) is 0. The number of halogens is 2. The Kier molecular flexibility index (Phi) is 3.79.